The molecule has 116 valence electrons. The first-order valence-corrected chi connectivity index (χ1v) is 8.27. The van der Waals surface area contributed by atoms with Gasteiger partial charge in [0.15, 0.2) is 0 Å². The third kappa shape index (κ3) is 3.46. The molecule has 0 aromatic heterocycles. The van der Waals surface area contributed by atoms with Crippen molar-refractivity contribution in [3.05, 3.63) is 60.2 Å². The van der Waals surface area contributed by atoms with E-state index in [4.69, 9.17) is 5.73 Å². The Kier molecular flexibility index (Phi) is 4.82. The first-order chi connectivity index (χ1) is 10.4. The zero-order valence-electron chi connectivity index (χ0n) is 12.3. The monoisotopic (exact) mass is 318 g/mol. The Balaban J connectivity index is 2.37. The Bertz CT molecular complexity index is 758. The minimum Gasteiger partial charge on any atom is -0.370 e. The van der Waals surface area contributed by atoms with E-state index < -0.39 is 15.9 Å². The molecule has 2 aromatic rings. The fraction of sp³-hybridized carbons (Fsp3) is 0.188. The molecule has 0 bridgehead atoms. The highest BCUT2D eigenvalue weighted by Crippen LogP contribution is 2.26. The summed E-state index contributed by atoms with van der Waals surface area (Å²) in [5, 5.41) is 0. The summed E-state index contributed by atoms with van der Waals surface area (Å²) in [7, 11) is -2.13. The van der Waals surface area contributed by atoms with Crippen LogP contribution >= 0.6 is 0 Å². The largest absolute Gasteiger partial charge is 0.370 e. The number of hydrogen-bond donors (Lipinski definition) is 1. The van der Waals surface area contributed by atoms with Gasteiger partial charge in [0.2, 0.25) is 5.91 Å². The molecule has 0 saturated carbocycles. The molecule has 0 spiro atoms. The van der Waals surface area contributed by atoms with Crippen LogP contribution in [0.4, 0.5) is 5.69 Å². The van der Waals surface area contributed by atoms with Gasteiger partial charge >= 0.3 is 0 Å². The van der Waals surface area contributed by atoms with Gasteiger partial charge in [0, 0.05) is 13.5 Å². The number of sulfonamides is 1. The molecule has 6 heteroatoms. The van der Waals surface area contributed by atoms with Crippen LogP contribution in [0.1, 0.15) is 12.0 Å². The Morgan fingerprint density at radius 2 is 1.64 bits per heavy atom. The standard InChI is InChI=1S/C16H18N2O3S/c1-18(22(20,21)14-8-3-2-4-9-14)15-10-6-5-7-13(15)11-12-16(17)19/h2-10H,11-12H2,1H3,(H2,17,19). The summed E-state index contributed by atoms with van der Waals surface area (Å²) in [6, 6.07) is 15.3. The molecular formula is C16H18N2O3S. The molecular weight excluding hydrogens is 300 g/mol. The van der Waals surface area contributed by atoms with Gasteiger partial charge in [0.1, 0.15) is 0 Å². The van der Waals surface area contributed by atoms with E-state index in [1.807, 2.05) is 6.07 Å². The molecule has 0 radical (unpaired) electrons. The number of anilines is 1. The van der Waals surface area contributed by atoms with Crippen LogP contribution in [0.2, 0.25) is 0 Å². The molecule has 1 amide bonds. The highest BCUT2D eigenvalue weighted by atomic mass is 32.2. The summed E-state index contributed by atoms with van der Waals surface area (Å²) < 4.78 is 26.5. The smallest absolute Gasteiger partial charge is 0.264 e. The maximum Gasteiger partial charge on any atom is 0.264 e. The van der Waals surface area contributed by atoms with E-state index in [1.54, 1.807) is 48.5 Å². The van der Waals surface area contributed by atoms with Gasteiger partial charge in [-0.25, -0.2) is 8.42 Å². The van der Waals surface area contributed by atoms with Crippen LogP contribution in [-0.4, -0.2) is 21.4 Å². The minimum absolute atomic E-state index is 0.177. The van der Waals surface area contributed by atoms with Crippen LogP contribution in [0.3, 0.4) is 0 Å². The van der Waals surface area contributed by atoms with Crippen LogP contribution < -0.4 is 10.0 Å². The molecule has 0 unspecified atom stereocenters. The fourth-order valence-electron chi connectivity index (χ4n) is 2.17. The van der Waals surface area contributed by atoms with Gasteiger partial charge in [-0.05, 0) is 30.2 Å². The number of rotatable bonds is 6. The number of carbonyl (C=O) groups is 1. The number of nitrogens with two attached hydrogens (primary N) is 1. The predicted octanol–water partition coefficient (Wildman–Crippen LogP) is 1.93. The number of aryl methyl sites for hydroxylation is 1. The van der Waals surface area contributed by atoms with Crippen molar-refractivity contribution in [3.63, 3.8) is 0 Å². The Labute approximate surface area is 130 Å². The van der Waals surface area contributed by atoms with Gasteiger partial charge in [-0.3, -0.25) is 9.10 Å². The highest BCUT2D eigenvalue weighted by Gasteiger charge is 2.22. The number of para-hydroxylation sites is 1. The number of nitrogens with zero attached hydrogens (tertiary/aromatic N) is 1. The van der Waals surface area contributed by atoms with Crippen LogP contribution in [0.25, 0.3) is 0 Å². The lowest BCUT2D eigenvalue weighted by Gasteiger charge is -2.22. The van der Waals surface area contributed by atoms with Crippen molar-refractivity contribution >= 4 is 21.6 Å². The number of amides is 1. The topological polar surface area (TPSA) is 80.5 Å². The van der Waals surface area contributed by atoms with E-state index in [0.717, 1.165) is 5.56 Å². The molecule has 0 aliphatic heterocycles. The van der Waals surface area contributed by atoms with Crippen LogP contribution in [0.15, 0.2) is 59.5 Å². The summed E-state index contributed by atoms with van der Waals surface area (Å²) in [5.41, 5.74) is 6.49. The highest BCUT2D eigenvalue weighted by molar-refractivity contribution is 7.92. The first-order valence-electron chi connectivity index (χ1n) is 6.83. The van der Waals surface area contributed by atoms with Gasteiger partial charge in [-0.15, -0.1) is 0 Å². The SMILES string of the molecule is CN(c1ccccc1CCC(N)=O)S(=O)(=O)c1ccccc1. The number of hydrogen-bond acceptors (Lipinski definition) is 3. The second-order valence-corrected chi connectivity index (χ2v) is 6.85. The van der Waals surface area contributed by atoms with Gasteiger partial charge in [-0.1, -0.05) is 36.4 Å². The van der Waals surface area contributed by atoms with Crippen LogP contribution in [0, 0.1) is 0 Å². The normalized spacial score (nSPS) is 11.1. The van der Waals surface area contributed by atoms with Crippen molar-refractivity contribution in [1.29, 1.82) is 0 Å². The molecule has 2 aromatic carbocycles. The second-order valence-electron chi connectivity index (χ2n) is 4.88. The second kappa shape index (κ2) is 6.62. The molecule has 5 nitrogen and oxygen atoms in total. The van der Waals surface area contributed by atoms with E-state index in [9.17, 15) is 13.2 Å². The summed E-state index contributed by atoms with van der Waals surface area (Å²) >= 11 is 0. The number of primary amides is 1. The van der Waals surface area contributed by atoms with Crippen LogP contribution in [-0.2, 0) is 21.2 Å². The van der Waals surface area contributed by atoms with Crippen molar-refractivity contribution in [3.8, 4) is 0 Å². The molecule has 2 rings (SSSR count). The van der Waals surface area contributed by atoms with Crippen molar-refractivity contribution in [2.24, 2.45) is 5.73 Å². The summed E-state index contributed by atoms with van der Waals surface area (Å²) in [6.45, 7) is 0. The zero-order chi connectivity index (χ0) is 16.2. The average Bonchev–Trinajstić information content (AvgIpc) is 2.53. The number of benzene rings is 2. The lowest BCUT2D eigenvalue weighted by Crippen LogP contribution is -2.27. The third-order valence-electron chi connectivity index (χ3n) is 3.37. The van der Waals surface area contributed by atoms with Gasteiger partial charge in [0.05, 0.1) is 10.6 Å². The maximum absolute atomic E-state index is 12.7. The van der Waals surface area contributed by atoms with Crippen molar-refractivity contribution < 1.29 is 13.2 Å². The molecule has 0 saturated heterocycles. The Hall–Kier alpha value is -2.34. The summed E-state index contributed by atoms with van der Waals surface area (Å²) in [6.07, 6.45) is 0.580. The first kappa shape index (κ1) is 16.0. The molecule has 0 heterocycles. The summed E-state index contributed by atoms with van der Waals surface area (Å²) in [4.78, 5) is 11.2. The lowest BCUT2D eigenvalue weighted by molar-refractivity contribution is -0.117. The minimum atomic E-state index is -3.64. The molecule has 0 fully saturated rings. The molecule has 0 aliphatic rings. The zero-order valence-corrected chi connectivity index (χ0v) is 13.1. The van der Waals surface area contributed by atoms with Crippen molar-refractivity contribution in [2.75, 3.05) is 11.4 Å². The molecule has 22 heavy (non-hydrogen) atoms. The Morgan fingerprint density at radius 3 is 2.27 bits per heavy atom. The molecule has 0 aliphatic carbocycles. The summed E-state index contributed by atoms with van der Waals surface area (Å²) in [5.74, 6) is -0.414. The number of carbonyl (C=O) groups excluding carboxylic acids is 1. The van der Waals surface area contributed by atoms with Crippen molar-refractivity contribution in [1.82, 2.24) is 0 Å². The van der Waals surface area contributed by atoms with E-state index in [0.29, 0.717) is 12.1 Å². The van der Waals surface area contributed by atoms with E-state index >= 15 is 0 Å². The van der Waals surface area contributed by atoms with E-state index in [1.165, 1.54) is 11.4 Å². The fourth-order valence-corrected chi connectivity index (χ4v) is 3.42. The quantitative estimate of drug-likeness (QED) is 0.883. The Morgan fingerprint density at radius 1 is 1.05 bits per heavy atom. The van der Waals surface area contributed by atoms with E-state index in [-0.39, 0.29) is 11.3 Å². The lowest BCUT2D eigenvalue weighted by atomic mass is 10.1. The van der Waals surface area contributed by atoms with Gasteiger partial charge in [0.25, 0.3) is 10.0 Å². The average molecular weight is 318 g/mol. The van der Waals surface area contributed by atoms with E-state index in [2.05, 4.69) is 0 Å². The predicted molar refractivity (Wildman–Crippen MR) is 86.0 cm³/mol. The van der Waals surface area contributed by atoms with Crippen LogP contribution in [0.5, 0.6) is 0 Å². The third-order valence-corrected chi connectivity index (χ3v) is 5.16. The molecule has 2 N–H and O–H groups in total. The van der Waals surface area contributed by atoms with Gasteiger partial charge < -0.3 is 5.73 Å². The maximum atomic E-state index is 12.7. The van der Waals surface area contributed by atoms with Crippen molar-refractivity contribution in [2.45, 2.75) is 17.7 Å². The van der Waals surface area contributed by atoms with Gasteiger partial charge in [-0.2, -0.15) is 0 Å². The molecule has 0 atom stereocenters.